The second-order valence-electron chi connectivity index (χ2n) is 7.33. The summed E-state index contributed by atoms with van der Waals surface area (Å²) in [5.74, 6) is 1.01. The summed E-state index contributed by atoms with van der Waals surface area (Å²) in [5.41, 5.74) is 0. The fourth-order valence-electron chi connectivity index (χ4n) is 3.85. The maximum absolute atomic E-state index is 10.5. The maximum atomic E-state index is 10.5. The predicted octanol–water partition coefficient (Wildman–Crippen LogP) is 6.74. The Morgan fingerprint density at radius 1 is 1.00 bits per heavy atom. The van der Waals surface area contributed by atoms with E-state index in [1.165, 1.54) is 77.0 Å². The van der Waals surface area contributed by atoms with Gasteiger partial charge in [0, 0.05) is 6.42 Å². The van der Waals surface area contributed by atoms with Gasteiger partial charge in [-0.3, -0.25) is 4.79 Å². The van der Waals surface area contributed by atoms with Crippen molar-refractivity contribution in [3.8, 4) is 0 Å². The molecule has 0 unspecified atom stereocenters. The highest BCUT2D eigenvalue weighted by atomic mass is 16.4. The molecule has 0 bridgehead atoms. The first-order valence-electron chi connectivity index (χ1n) is 10.1. The molecule has 0 saturated heterocycles. The number of hydrogen-bond donors (Lipinski definition) is 1. The van der Waals surface area contributed by atoms with Gasteiger partial charge in [-0.25, -0.2) is 0 Å². The van der Waals surface area contributed by atoms with Crippen molar-refractivity contribution < 1.29 is 9.90 Å². The van der Waals surface area contributed by atoms with Gasteiger partial charge in [-0.1, -0.05) is 70.4 Å². The highest BCUT2D eigenvalue weighted by Crippen LogP contribution is 2.36. The molecule has 1 aliphatic carbocycles. The molecule has 0 radical (unpaired) electrons. The molecule has 134 valence electrons. The average Bonchev–Trinajstić information content (AvgIpc) is 2.97. The smallest absolute Gasteiger partial charge is 0.303 e. The molecule has 0 aromatic heterocycles. The van der Waals surface area contributed by atoms with E-state index >= 15 is 0 Å². The summed E-state index contributed by atoms with van der Waals surface area (Å²) >= 11 is 0. The van der Waals surface area contributed by atoms with Crippen LogP contribution < -0.4 is 0 Å². The largest absolute Gasteiger partial charge is 0.481 e. The third kappa shape index (κ3) is 10.6. The zero-order valence-electron chi connectivity index (χ0n) is 15.3. The maximum Gasteiger partial charge on any atom is 0.303 e. The van der Waals surface area contributed by atoms with E-state index in [2.05, 4.69) is 19.1 Å². The summed E-state index contributed by atoms with van der Waals surface area (Å²) in [4.78, 5) is 10.5. The van der Waals surface area contributed by atoms with E-state index in [0.29, 0.717) is 6.42 Å². The van der Waals surface area contributed by atoms with Gasteiger partial charge in [0.1, 0.15) is 0 Å². The van der Waals surface area contributed by atoms with E-state index in [1.807, 2.05) is 0 Å². The third-order valence-electron chi connectivity index (χ3n) is 5.29. The van der Waals surface area contributed by atoms with Crippen LogP contribution in [0.25, 0.3) is 0 Å². The Bertz CT molecular complexity index is 322. The van der Waals surface area contributed by atoms with Crippen LogP contribution in [0.2, 0.25) is 0 Å². The number of rotatable bonds is 14. The van der Waals surface area contributed by atoms with Gasteiger partial charge in [-0.05, 0) is 50.4 Å². The van der Waals surface area contributed by atoms with Crippen molar-refractivity contribution in [2.75, 3.05) is 0 Å². The van der Waals surface area contributed by atoms with E-state index in [4.69, 9.17) is 5.11 Å². The summed E-state index contributed by atoms with van der Waals surface area (Å²) in [7, 11) is 0. The van der Waals surface area contributed by atoms with Gasteiger partial charge in [0.2, 0.25) is 0 Å². The van der Waals surface area contributed by atoms with E-state index in [1.54, 1.807) is 0 Å². The predicted molar refractivity (Wildman–Crippen MR) is 98.7 cm³/mol. The summed E-state index contributed by atoms with van der Waals surface area (Å²) in [6.07, 6.45) is 23.4. The zero-order valence-corrected chi connectivity index (χ0v) is 15.3. The van der Waals surface area contributed by atoms with Crippen molar-refractivity contribution in [2.45, 2.75) is 103 Å². The molecule has 0 aliphatic heterocycles. The van der Waals surface area contributed by atoms with Gasteiger partial charge >= 0.3 is 5.97 Å². The number of allylic oxidation sites excluding steroid dienone is 2. The number of aliphatic carboxylic acids is 1. The van der Waals surface area contributed by atoms with Gasteiger partial charge in [0.25, 0.3) is 0 Å². The molecule has 1 saturated carbocycles. The Labute approximate surface area is 143 Å². The molecule has 1 N–H and O–H groups in total. The van der Waals surface area contributed by atoms with Crippen LogP contribution in [0.5, 0.6) is 0 Å². The van der Waals surface area contributed by atoms with Crippen LogP contribution in [0.15, 0.2) is 12.2 Å². The molecule has 0 aromatic carbocycles. The molecule has 2 heteroatoms. The van der Waals surface area contributed by atoms with Crippen LogP contribution in [-0.4, -0.2) is 11.1 Å². The fraction of sp³-hybridized carbons (Fsp3) is 0.857. The Morgan fingerprint density at radius 2 is 1.74 bits per heavy atom. The van der Waals surface area contributed by atoms with Gasteiger partial charge in [0.15, 0.2) is 0 Å². The van der Waals surface area contributed by atoms with Crippen LogP contribution in [0.3, 0.4) is 0 Å². The summed E-state index contributed by atoms with van der Waals surface area (Å²) < 4.78 is 0. The number of hydrogen-bond acceptors (Lipinski definition) is 1. The molecule has 1 rings (SSSR count). The Balaban J connectivity index is 2.05. The van der Waals surface area contributed by atoms with Gasteiger partial charge in [0.05, 0.1) is 0 Å². The third-order valence-corrected chi connectivity index (χ3v) is 5.29. The van der Waals surface area contributed by atoms with Crippen LogP contribution in [0.1, 0.15) is 103 Å². The lowest BCUT2D eigenvalue weighted by Crippen LogP contribution is -2.05. The van der Waals surface area contributed by atoms with Crippen molar-refractivity contribution in [2.24, 2.45) is 11.8 Å². The Morgan fingerprint density at radius 3 is 2.52 bits per heavy atom. The molecule has 2 nitrogen and oxygen atoms in total. The lowest BCUT2D eigenvalue weighted by atomic mass is 9.90. The molecular weight excluding hydrogens is 284 g/mol. The van der Waals surface area contributed by atoms with Crippen molar-refractivity contribution in [1.82, 2.24) is 0 Å². The monoisotopic (exact) mass is 322 g/mol. The highest BCUT2D eigenvalue weighted by molar-refractivity contribution is 5.66. The molecule has 0 aromatic rings. The van der Waals surface area contributed by atoms with Crippen LogP contribution in [-0.2, 0) is 4.79 Å². The highest BCUT2D eigenvalue weighted by Gasteiger charge is 2.24. The van der Waals surface area contributed by atoms with E-state index in [0.717, 1.165) is 24.7 Å². The SMILES string of the molecule is CCCCCCCCC=C[C@H]1CCC[C@@H]1CCCCCC(=O)O. The van der Waals surface area contributed by atoms with E-state index in [-0.39, 0.29) is 0 Å². The molecule has 0 amide bonds. The first kappa shape index (κ1) is 20.3. The van der Waals surface area contributed by atoms with E-state index in [9.17, 15) is 4.79 Å². The summed E-state index contributed by atoms with van der Waals surface area (Å²) in [5, 5.41) is 8.66. The topological polar surface area (TPSA) is 37.3 Å². The fourth-order valence-corrected chi connectivity index (χ4v) is 3.85. The summed E-state index contributed by atoms with van der Waals surface area (Å²) in [6.45, 7) is 2.27. The van der Waals surface area contributed by atoms with Gasteiger partial charge < -0.3 is 5.11 Å². The standard InChI is InChI=1S/C21H38O2/c1-2-3-4-5-6-7-8-10-14-19-16-13-17-20(19)15-11-9-12-18-21(22)23/h10,14,19-20H,2-9,11-13,15-18H2,1H3,(H,22,23)/t19-,20-/m0/s1. The van der Waals surface area contributed by atoms with Crippen molar-refractivity contribution in [1.29, 1.82) is 0 Å². The molecule has 1 aliphatic rings. The lowest BCUT2D eigenvalue weighted by Gasteiger charge is -2.16. The first-order chi connectivity index (χ1) is 11.2. The normalized spacial score (nSPS) is 21.3. The van der Waals surface area contributed by atoms with Crippen LogP contribution in [0, 0.1) is 11.8 Å². The number of carbonyl (C=O) groups is 1. The number of carboxylic acids is 1. The van der Waals surface area contributed by atoms with Crippen molar-refractivity contribution in [3.63, 3.8) is 0 Å². The zero-order chi connectivity index (χ0) is 16.8. The van der Waals surface area contributed by atoms with Crippen LogP contribution >= 0.6 is 0 Å². The minimum atomic E-state index is -0.652. The first-order valence-corrected chi connectivity index (χ1v) is 10.1. The second-order valence-corrected chi connectivity index (χ2v) is 7.33. The molecule has 0 spiro atoms. The van der Waals surface area contributed by atoms with Crippen LogP contribution in [0.4, 0.5) is 0 Å². The molecular formula is C21H38O2. The molecule has 23 heavy (non-hydrogen) atoms. The van der Waals surface area contributed by atoms with E-state index < -0.39 is 5.97 Å². The lowest BCUT2D eigenvalue weighted by molar-refractivity contribution is -0.137. The summed E-state index contributed by atoms with van der Waals surface area (Å²) in [6, 6.07) is 0. The van der Waals surface area contributed by atoms with Gasteiger partial charge in [-0.15, -0.1) is 0 Å². The average molecular weight is 323 g/mol. The minimum Gasteiger partial charge on any atom is -0.481 e. The van der Waals surface area contributed by atoms with Gasteiger partial charge in [-0.2, -0.15) is 0 Å². The Kier molecular flexibility index (Phi) is 12.0. The molecule has 2 atom stereocenters. The quantitative estimate of drug-likeness (QED) is 0.284. The molecule has 1 fully saturated rings. The van der Waals surface area contributed by atoms with Crippen molar-refractivity contribution >= 4 is 5.97 Å². The minimum absolute atomic E-state index is 0.340. The molecule has 0 heterocycles. The second kappa shape index (κ2) is 13.6. The number of unbranched alkanes of at least 4 members (excludes halogenated alkanes) is 8. The number of carboxylic acid groups (broad SMARTS) is 1. The van der Waals surface area contributed by atoms with Crippen molar-refractivity contribution in [3.05, 3.63) is 12.2 Å². The Hall–Kier alpha value is -0.790.